The summed E-state index contributed by atoms with van der Waals surface area (Å²) < 4.78 is 2.06. The Morgan fingerprint density at radius 2 is 2.03 bits per heavy atom. The van der Waals surface area contributed by atoms with Crippen LogP contribution < -0.4 is 5.73 Å². The summed E-state index contributed by atoms with van der Waals surface area (Å²) in [5.74, 6) is 3.42. The van der Waals surface area contributed by atoms with E-state index in [9.17, 15) is 4.79 Å². The zero-order valence-corrected chi connectivity index (χ0v) is 19.1. The van der Waals surface area contributed by atoms with Crippen molar-refractivity contribution in [2.75, 3.05) is 18.8 Å². The van der Waals surface area contributed by atoms with Gasteiger partial charge in [-0.15, -0.1) is 6.42 Å². The molecule has 1 saturated heterocycles. The Kier molecular flexibility index (Phi) is 5.37. The van der Waals surface area contributed by atoms with Crippen LogP contribution in [0.4, 0.5) is 5.82 Å². The minimum absolute atomic E-state index is 0.0530. The maximum absolute atomic E-state index is 12.9. The highest BCUT2D eigenvalue weighted by Crippen LogP contribution is 2.43. The fraction of sp³-hybridized carbons (Fsp3) is 0.385. The van der Waals surface area contributed by atoms with E-state index in [1.165, 1.54) is 11.9 Å². The summed E-state index contributed by atoms with van der Waals surface area (Å²) in [7, 11) is 1.99. The summed E-state index contributed by atoms with van der Waals surface area (Å²) in [6.45, 7) is 3.83. The van der Waals surface area contributed by atoms with Gasteiger partial charge in [-0.1, -0.05) is 12.0 Å². The van der Waals surface area contributed by atoms with Crippen LogP contribution in [0.15, 0.2) is 24.7 Å². The van der Waals surface area contributed by atoms with Gasteiger partial charge in [0.1, 0.15) is 23.5 Å². The van der Waals surface area contributed by atoms with Gasteiger partial charge in [-0.25, -0.2) is 15.0 Å². The Hall–Kier alpha value is -3.66. The van der Waals surface area contributed by atoms with E-state index in [-0.39, 0.29) is 5.92 Å². The van der Waals surface area contributed by atoms with Crippen molar-refractivity contribution in [2.45, 2.75) is 39.0 Å². The molecule has 3 aromatic rings. The first-order chi connectivity index (χ1) is 16.0. The van der Waals surface area contributed by atoms with Crippen molar-refractivity contribution in [1.82, 2.24) is 24.4 Å². The monoisotopic (exact) mass is 440 g/mol. The van der Waals surface area contributed by atoms with E-state index in [2.05, 4.69) is 31.5 Å². The standard InChI is InChI=1S/C26H28N6O/c1-4-19-13-16(2)20(14-28-19)23-21(22-24(27)29-15-30-25(22)31(23)3)17-7-9-18(10-8-17)26(33)32-11-5-6-12-32/h1,7,13-15,18H,5-6,8-12H2,2-3H3,(H2,27,29,30)/t18-/m1/s1. The molecule has 2 N–H and O–H groups in total. The van der Waals surface area contributed by atoms with Gasteiger partial charge in [0.05, 0.1) is 11.1 Å². The Morgan fingerprint density at radius 1 is 1.24 bits per heavy atom. The predicted octanol–water partition coefficient (Wildman–Crippen LogP) is 3.71. The average molecular weight is 441 g/mol. The van der Waals surface area contributed by atoms with Crippen molar-refractivity contribution in [3.05, 3.63) is 41.5 Å². The van der Waals surface area contributed by atoms with Gasteiger partial charge in [-0.3, -0.25) is 4.79 Å². The number of carbonyl (C=O) groups is 1. The number of aryl methyl sites for hydroxylation is 2. The van der Waals surface area contributed by atoms with Gasteiger partial charge >= 0.3 is 0 Å². The molecule has 0 radical (unpaired) electrons. The summed E-state index contributed by atoms with van der Waals surface area (Å²) in [5.41, 5.74) is 13.0. The summed E-state index contributed by atoms with van der Waals surface area (Å²) in [6, 6.07) is 1.92. The predicted molar refractivity (Wildman–Crippen MR) is 130 cm³/mol. The molecule has 5 rings (SSSR count). The number of carbonyl (C=O) groups excluding carboxylic acids is 1. The molecular formula is C26H28N6O. The van der Waals surface area contributed by atoms with Crippen molar-refractivity contribution < 1.29 is 4.79 Å². The van der Waals surface area contributed by atoms with Crippen molar-refractivity contribution in [3.63, 3.8) is 0 Å². The van der Waals surface area contributed by atoms with Crippen LogP contribution in [0.25, 0.3) is 27.9 Å². The highest BCUT2D eigenvalue weighted by Gasteiger charge is 2.31. The smallest absolute Gasteiger partial charge is 0.226 e. The Morgan fingerprint density at radius 3 is 2.70 bits per heavy atom. The van der Waals surface area contributed by atoms with Gasteiger partial charge in [-0.05, 0) is 56.2 Å². The highest BCUT2D eigenvalue weighted by molar-refractivity contribution is 6.04. The number of terminal acetylenes is 1. The van der Waals surface area contributed by atoms with Gasteiger partial charge in [0, 0.05) is 43.4 Å². The minimum atomic E-state index is 0.0530. The van der Waals surface area contributed by atoms with Gasteiger partial charge in [0.15, 0.2) is 0 Å². The number of nitrogens with two attached hydrogens (primary N) is 1. The topological polar surface area (TPSA) is 89.9 Å². The molecule has 1 atom stereocenters. The number of likely N-dealkylation sites (tertiary alicyclic amines) is 1. The molecule has 1 aliphatic heterocycles. The Bertz CT molecular complexity index is 1320. The van der Waals surface area contributed by atoms with Crippen LogP contribution in [0.3, 0.4) is 0 Å². The van der Waals surface area contributed by atoms with Crippen LogP contribution in [-0.2, 0) is 11.8 Å². The van der Waals surface area contributed by atoms with Crippen molar-refractivity contribution in [2.24, 2.45) is 13.0 Å². The van der Waals surface area contributed by atoms with Crippen LogP contribution >= 0.6 is 0 Å². The number of pyridine rings is 1. The van der Waals surface area contributed by atoms with E-state index in [0.29, 0.717) is 17.4 Å². The lowest BCUT2D eigenvalue weighted by atomic mass is 9.84. The molecular weight excluding hydrogens is 412 g/mol. The van der Waals surface area contributed by atoms with E-state index in [1.807, 2.05) is 31.1 Å². The number of hydrogen-bond donors (Lipinski definition) is 1. The fourth-order valence-electron chi connectivity index (χ4n) is 5.27. The molecule has 2 aliphatic rings. The lowest BCUT2D eigenvalue weighted by Crippen LogP contribution is -2.34. The number of fused-ring (bicyclic) bond motifs is 1. The lowest BCUT2D eigenvalue weighted by molar-refractivity contribution is -0.134. The molecule has 0 aromatic carbocycles. The third-order valence-electron chi connectivity index (χ3n) is 7.01. The van der Waals surface area contributed by atoms with Crippen LogP contribution in [0.1, 0.15) is 48.9 Å². The average Bonchev–Trinajstić information content (AvgIpc) is 3.47. The molecule has 7 nitrogen and oxygen atoms in total. The molecule has 168 valence electrons. The summed E-state index contributed by atoms with van der Waals surface area (Å²) in [5, 5.41) is 0.853. The molecule has 1 fully saturated rings. The Balaban J connectivity index is 1.62. The first-order valence-corrected chi connectivity index (χ1v) is 11.5. The van der Waals surface area contributed by atoms with Gasteiger partial charge in [0.25, 0.3) is 0 Å². The fourth-order valence-corrected chi connectivity index (χ4v) is 5.27. The maximum atomic E-state index is 12.9. The molecule has 0 spiro atoms. The van der Waals surface area contributed by atoms with E-state index < -0.39 is 0 Å². The van der Waals surface area contributed by atoms with E-state index in [1.54, 1.807) is 0 Å². The largest absolute Gasteiger partial charge is 0.383 e. The lowest BCUT2D eigenvalue weighted by Gasteiger charge is -2.26. The summed E-state index contributed by atoms with van der Waals surface area (Å²) in [4.78, 5) is 28.2. The van der Waals surface area contributed by atoms with Crippen molar-refractivity contribution in [3.8, 4) is 23.6 Å². The number of aromatic nitrogens is 4. The Labute approximate surface area is 193 Å². The number of allylic oxidation sites excluding steroid dienone is 2. The van der Waals surface area contributed by atoms with Gasteiger partial charge in [0.2, 0.25) is 5.91 Å². The molecule has 33 heavy (non-hydrogen) atoms. The van der Waals surface area contributed by atoms with E-state index in [4.69, 9.17) is 12.2 Å². The van der Waals surface area contributed by atoms with Crippen LogP contribution in [-0.4, -0.2) is 43.4 Å². The van der Waals surface area contributed by atoms with Gasteiger partial charge < -0.3 is 15.2 Å². The minimum Gasteiger partial charge on any atom is -0.383 e. The maximum Gasteiger partial charge on any atom is 0.226 e. The highest BCUT2D eigenvalue weighted by atomic mass is 16.2. The molecule has 0 unspecified atom stereocenters. The molecule has 7 heteroatoms. The first-order valence-electron chi connectivity index (χ1n) is 11.5. The second kappa shape index (κ2) is 8.36. The third kappa shape index (κ3) is 3.56. The third-order valence-corrected chi connectivity index (χ3v) is 7.01. The van der Waals surface area contributed by atoms with Crippen molar-refractivity contribution >= 4 is 28.3 Å². The molecule has 0 bridgehead atoms. The second-order valence-electron chi connectivity index (χ2n) is 9.00. The van der Waals surface area contributed by atoms with Gasteiger partial charge in [-0.2, -0.15) is 0 Å². The van der Waals surface area contributed by atoms with Crippen LogP contribution in [0, 0.1) is 25.2 Å². The molecule has 3 aromatic heterocycles. The molecule has 0 saturated carbocycles. The summed E-state index contributed by atoms with van der Waals surface area (Å²) in [6.07, 6.45) is 15.7. The first kappa shape index (κ1) is 21.2. The van der Waals surface area contributed by atoms with Crippen molar-refractivity contribution in [1.29, 1.82) is 0 Å². The number of hydrogen-bond acceptors (Lipinski definition) is 5. The quantitative estimate of drug-likeness (QED) is 0.627. The van der Waals surface area contributed by atoms with E-state index >= 15 is 0 Å². The van der Waals surface area contributed by atoms with Crippen LogP contribution in [0.5, 0.6) is 0 Å². The summed E-state index contributed by atoms with van der Waals surface area (Å²) >= 11 is 0. The molecule has 1 aliphatic carbocycles. The number of anilines is 1. The molecule has 1 amide bonds. The zero-order valence-electron chi connectivity index (χ0n) is 19.1. The van der Waals surface area contributed by atoms with E-state index in [0.717, 1.165) is 78.6 Å². The second-order valence-corrected chi connectivity index (χ2v) is 9.00. The SMILES string of the molecule is C#Cc1cc(C)c(-c2c(C3=CC[C@@H](C(=O)N4CCCC4)CC3)c3c(N)ncnc3n2C)cn1. The molecule has 4 heterocycles. The van der Waals surface area contributed by atoms with Crippen LogP contribution in [0.2, 0.25) is 0 Å². The zero-order chi connectivity index (χ0) is 23.1. The number of amides is 1. The number of nitrogens with zero attached hydrogens (tertiary/aromatic N) is 5. The number of nitrogen functional groups attached to an aromatic ring is 1. The number of rotatable bonds is 3. The normalized spacial score (nSPS) is 18.4.